The van der Waals surface area contributed by atoms with Crippen LogP contribution in [0.15, 0.2) is 73.1 Å². The second-order valence-electron chi connectivity index (χ2n) is 17.8. The van der Waals surface area contributed by atoms with Crippen LogP contribution in [-0.2, 0) is 14.3 Å². The number of nitrogens with one attached hydrogen (secondary N) is 3. The zero-order chi connectivity index (χ0) is 40.9. The van der Waals surface area contributed by atoms with Gasteiger partial charge < -0.3 is 29.7 Å². The SMILES string of the molecule is CCC1CCN(C(=O)OC(C)(C)C)C1c1ncc(-c2ccc(-c3ccc4cc(-c5cnc([C@@H]6CC7(CC7)CN6C(=O)[C@@H](NC(=O)OC)C(C)C)[nH]5)ccc4c3)cc2)[nH]1. The highest BCUT2D eigenvalue weighted by atomic mass is 16.6. The number of carbonyl (C=O) groups excluding carboxylic acids is 3. The summed E-state index contributed by atoms with van der Waals surface area (Å²) >= 11 is 0. The Balaban J connectivity index is 0.970. The first-order valence-corrected chi connectivity index (χ1v) is 20.6. The van der Waals surface area contributed by atoms with Crippen molar-refractivity contribution in [2.45, 2.75) is 97.4 Å². The third-order valence-corrected chi connectivity index (χ3v) is 12.3. The van der Waals surface area contributed by atoms with Crippen LogP contribution in [-0.4, -0.2) is 79.7 Å². The van der Waals surface area contributed by atoms with E-state index in [1.54, 1.807) is 0 Å². The van der Waals surface area contributed by atoms with Crippen molar-refractivity contribution in [3.8, 4) is 33.6 Å². The molecule has 2 aromatic heterocycles. The number of benzene rings is 3. The fourth-order valence-corrected chi connectivity index (χ4v) is 8.85. The van der Waals surface area contributed by atoms with Gasteiger partial charge in [0.2, 0.25) is 5.91 Å². The molecular weight excluding hydrogens is 731 g/mol. The lowest BCUT2D eigenvalue weighted by Crippen LogP contribution is -2.51. The van der Waals surface area contributed by atoms with Gasteiger partial charge in [-0.15, -0.1) is 0 Å². The van der Waals surface area contributed by atoms with E-state index in [1.165, 1.54) is 7.11 Å². The van der Waals surface area contributed by atoms with E-state index in [-0.39, 0.29) is 35.4 Å². The lowest BCUT2D eigenvalue weighted by molar-refractivity contribution is -0.135. The Morgan fingerprint density at radius 3 is 2.10 bits per heavy atom. The molecule has 3 aliphatic rings. The number of imidazole rings is 2. The van der Waals surface area contributed by atoms with E-state index < -0.39 is 17.7 Å². The minimum absolute atomic E-state index is 0.0972. The number of alkyl carbamates (subject to hydrolysis) is 1. The van der Waals surface area contributed by atoms with E-state index >= 15 is 0 Å². The van der Waals surface area contributed by atoms with Crippen LogP contribution in [0, 0.1) is 17.3 Å². The number of hydrogen-bond donors (Lipinski definition) is 3. The summed E-state index contributed by atoms with van der Waals surface area (Å²) in [6.45, 7) is 13.0. The van der Waals surface area contributed by atoms with Gasteiger partial charge in [0.05, 0.1) is 43.0 Å². The van der Waals surface area contributed by atoms with Gasteiger partial charge in [-0.2, -0.15) is 0 Å². The topological polar surface area (TPSA) is 146 Å². The molecule has 0 radical (unpaired) electrons. The van der Waals surface area contributed by atoms with Crippen molar-refractivity contribution < 1.29 is 23.9 Å². The lowest BCUT2D eigenvalue weighted by atomic mass is 9.97. The molecule has 4 heterocycles. The molecule has 1 spiro atoms. The molecule has 1 aliphatic carbocycles. The number of rotatable bonds is 9. The first kappa shape index (κ1) is 39.2. The Kier molecular flexibility index (Phi) is 10.3. The Morgan fingerprint density at radius 2 is 1.47 bits per heavy atom. The monoisotopic (exact) mass is 785 g/mol. The van der Waals surface area contributed by atoms with Crippen molar-refractivity contribution in [3.63, 3.8) is 0 Å². The minimum atomic E-state index is -0.679. The molecule has 2 aliphatic heterocycles. The van der Waals surface area contributed by atoms with Crippen LogP contribution in [0.4, 0.5) is 9.59 Å². The average Bonchev–Trinajstić information content (AvgIpc) is 3.70. The Bertz CT molecular complexity index is 2320. The highest BCUT2D eigenvalue weighted by molar-refractivity contribution is 5.91. The average molecular weight is 786 g/mol. The van der Waals surface area contributed by atoms with Gasteiger partial charge in [0, 0.05) is 18.7 Å². The number of amides is 3. The van der Waals surface area contributed by atoms with Gasteiger partial charge >= 0.3 is 12.2 Å². The maximum Gasteiger partial charge on any atom is 0.410 e. The molecule has 1 saturated carbocycles. The maximum absolute atomic E-state index is 13.9. The van der Waals surface area contributed by atoms with E-state index in [2.05, 4.69) is 82.9 Å². The van der Waals surface area contributed by atoms with E-state index in [1.807, 2.05) is 56.8 Å². The van der Waals surface area contributed by atoms with Gasteiger partial charge in [-0.05, 0) is 103 Å². The highest BCUT2D eigenvalue weighted by Crippen LogP contribution is 2.58. The predicted molar refractivity (Wildman–Crippen MR) is 224 cm³/mol. The number of nitrogens with zero attached hydrogens (tertiary/aromatic N) is 4. The summed E-state index contributed by atoms with van der Waals surface area (Å²) in [5.41, 5.74) is 5.64. The third-order valence-electron chi connectivity index (χ3n) is 12.3. The fraction of sp³-hybridized carbons (Fsp3) is 0.457. The molecule has 5 aromatic rings. The second-order valence-corrected chi connectivity index (χ2v) is 17.8. The summed E-state index contributed by atoms with van der Waals surface area (Å²) in [5, 5.41) is 4.99. The lowest BCUT2D eigenvalue weighted by Gasteiger charge is -2.30. The number of fused-ring (bicyclic) bond motifs is 1. The number of hydrogen-bond acceptors (Lipinski definition) is 7. The summed E-state index contributed by atoms with van der Waals surface area (Å²) in [7, 11) is 1.31. The normalized spacial score (nSPS) is 20.5. The molecular formula is C46H55N7O5. The standard InChI is InChI=1S/C46H55N7O5/c1-8-28-17-20-52(44(56)58-45(4,5)6)39(28)41-48-24-35(50-41)30-11-9-29(10-12-30)31-13-14-33-22-34(16-15-32(33)21-31)36-25-47-40(49-36)37-23-46(18-19-46)26-53(37)42(54)38(27(2)3)51-43(55)57-7/h9-16,21-22,24-25,27-28,37-39H,8,17-20,23,26H2,1-7H3,(H,47,49)(H,48,50)(H,51,55)/t28?,37-,38-,39?/m0/s1. The van der Waals surface area contributed by atoms with Gasteiger partial charge in [0.25, 0.3) is 0 Å². The van der Waals surface area contributed by atoms with Gasteiger partial charge in [-0.1, -0.05) is 75.7 Å². The van der Waals surface area contributed by atoms with Gasteiger partial charge in [-0.25, -0.2) is 19.6 Å². The number of methoxy groups -OCH3 is 1. The molecule has 304 valence electrons. The Morgan fingerprint density at radius 1 is 0.862 bits per heavy atom. The van der Waals surface area contributed by atoms with Crippen molar-refractivity contribution in [1.29, 1.82) is 0 Å². The molecule has 0 bridgehead atoms. The number of H-pyrrole nitrogens is 2. The molecule has 4 atom stereocenters. The van der Waals surface area contributed by atoms with Crippen LogP contribution in [0.1, 0.15) is 97.4 Å². The molecule has 3 N–H and O–H groups in total. The van der Waals surface area contributed by atoms with Crippen LogP contribution < -0.4 is 5.32 Å². The molecule has 2 saturated heterocycles. The summed E-state index contributed by atoms with van der Waals surface area (Å²) in [6, 6.07) is 20.4. The number of aromatic nitrogens is 4. The van der Waals surface area contributed by atoms with Crippen LogP contribution in [0.25, 0.3) is 44.4 Å². The van der Waals surface area contributed by atoms with Crippen LogP contribution in [0.5, 0.6) is 0 Å². The Hall–Kier alpha value is -5.65. The quantitative estimate of drug-likeness (QED) is 0.135. The van der Waals surface area contributed by atoms with Gasteiger partial charge in [0.1, 0.15) is 23.3 Å². The van der Waals surface area contributed by atoms with E-state index in [9.17, 15) is 14.4 Å². The zero-order valence-corrected chi connectivity index (χ0v) is 34.6. The molecule has 3 aromatic carbocycles. The van der Waals surface area contributed by atoms with Crippen LogP contribution in [0.3, 0.4) is 0 Å². The number of carbonyl (C=O) groups is 3. The van der Waals surface area contributed by atoms with Crippen molar-refractivity contribution in [2.24, 2.45) is 17.3 Å². The summed E-state index contributed by atoms with van der Waals surface area (Å²) < 4.78 is 10.6. The number of likely N-dealkylation sites (tertiary alicyclic amines) is 2. The molecule has 8 rings (SSSR count). The van der Waals surface area contributed by atoms with Crippen molar-refractivity contribution in [1.82, 2.24) is 35.1 Å². The fourth-order valence-electron chi connectivity index (χ4n) is 8.85. The zero-order valence-electron chi connectivity index (χ0n) is 34.6. The maximum atomic E-state index is 13.9. The van der Waals surface area contributed by atoms with E-state index in [0.29, 0.717) is 19.0 Å². The Labute approximate surface area is 340 Å². The number of aromatic amines is 2. The minimum Gasteiger partial charge on any atom is -0.453 e. The van der Waals surface area contributed by atoms with E-state index in [0.717, 1.165) is 88.2 Å². The first-order valence-electron chi connectivity index (χ1n) is 20.6. The predicted octanol–water partition coefficient (Wildman–Crippen LogP) is 9.43. The molecule has 58 heavy (non-hydrogen) atoms. The van der Waals surface area contributed by atoms with Gasteiger partial charge in [-0.3, -0.25) is 9.69 Å². The summed E-state index contributed by atoms with van der Waals surface area (Å²) in [4.78, 5) is 59.5. The molecule has 3 amide bonds. The first-order chi connectivity index (χ1) is 27.7. The highest BCUT2D eigenvalue weighted by Gasteiger charge is 2.55. The summed E-state index contributed by atoms with van der Waals surface area (Å²) in [5.74, 6) is 1.68. The molecule has 3 fully saturated rings. The largest absolute Gasteiger partial charge is 0.453 e. The van der Waals surface area contributed by atoms with Gasteiger partial charge in [0.15, 0.2) is 0 Å². The van der Waals surface area contributed by atoms with Crippen LogP contribution in [0.2, 0.25) is 0 Å². The number of ether oxygens (including phenoxy) is 2. The van der Waals surface area contributed by atoms with Crippen LogP contribution >= 0.6 is 0 Å². The molecule has 12 heteroatoms. The van der Waals surface area contributed by atoms with Crippen molar-refractivity contribution in [3.05, 3.63) is 84.7 Å². The molecule has 12 nitrogen and oxygen atoms in total. The summed E-state index contributed by atoms with van der Waals surface area (Å²) in [6.07, 6.45) is 7.73. The second kappa shape index (κ2) is 15.3. The molecule has 2 unspecified atom stereocenters. The van der Waals surface area contributed by atoms with Crippen molar-refractivity contribution >= 4 is 28.9 Å². The third kappa shape index (κ3) is 7.80. The smallest absolute Gasteiger partial charge is 0.410 e. The van der Waals surface area contributed by atoms with E-state index in [4.69, 9.17) is 19.4 Å². The van der Waals surface area contributed by atoms with Crippen molar-refractivity contribution in [2.75, 3.05) is 20.2 Å².